The number of halogens is 2. The summed E-state index contributed by atoms with van der Waals surface area (Å²) in [5, 5.41) is 10.3. The summed E-state index contributed by atoms with van der Waals surface area (Å²) in [6.07, 6.45) is 1.89. The molecular formula is C17H25BrIN7O. The molecule has 8 nitrogen and oxygen atoms in total. The lowest BCUT2D eigenvalue weighted by molar-refractivity contribution is -0.130. The van der Waals surface area contributed by atoms with Gasteiger partial charge in [-0.2, -0.15) is 5.10 Å². The molecule has 148 valence electrons. The Morgan fingerprint density at radius 2 is 2.07 bits per heavy atom. The number of rotatable bonds is 7. The van der Waals surface area contributed by atoms with Crippen molar-refractivity contribution >= 4 is 51.8 Å². The van der Waals surface area contributed by atoms with E-state index in [0.29, 0.717) is 32.0 Å². The molecule has 0 aliphatic carbocycles. The second-order valence-electron chi connectivity index (χ2n) is 5.74. The first-order chi connectivity index (χ1) is 12.5. The van der Waals surface area contributed by atoms with Crippen LogP contribution in [-0.4, -0.2) is 52.2 Å². The maximum atomic E-state index is 12.3. The van der Waals surface area contributed by atoms with Crippen molar-refractivity contribution in [2.24, 2.45) is 12.0 Å². The molecule has 0 radical (unpaired) electrons. The van der Waals surface area contributed by atoms with E-state index in [9.17, 15) is 4.79 Å². The zero-order chi connectivity index (χ0) is 18.9. The number of guanidine groups is 1. The molecular weight excluding hydrogens is 525 g/mol. The molecule has 1 aromatic carbocycles. The number of nitrogens with one attached hydrogen (secondary N) is 2. The predicted octanol–water partition coefficient (Wildman–Crippen LogP) is 1.91. The molecule has 0 atom stereocenters. The number of benzene rings is 1. The lowest BCUT2D eigenvalue weighted by atomic mass is 10.2. The van der Waals surface area contributed by atoms with Crippen molar-refractivity contribution in [3.05, 3.63) is 46.5 Å². The van der Waals surface area contributed by atoms with Gasteiger partial charge < -0.3 is 15.5 Å². The fraction of sp³-hybridized carbons (Fsp3) is 0.412. The van der Waals surface area contributed by atoms with Gasteiger partial charge in [-0.25, -0.2) is 4.98 Å². The molecule has 0 aliphatic heterocycles. The molecule has 10 heteroatoms. The Balaban J connectivity index is 0.00000364. The molecule has 0 bridgehead atoms. The minimum atomic E-state index is 0. The third-order valence-electron chi connectivity index (χ3n) is 3.87. The minimum absolute atomic E-state index is 0. The fourth-order valence-electron chi connectivity index (χ4n) is 2.31. The Hall–Kier alpha value is -1.69. The van der Waals surface area contributed by atoms with Gasteiger partial charge in [0.15, 0.2) is 5.96 Å². The third kappa shape index (κ3) is 7.45. The maximum absolute atomic E-state index is 12.3. The lowest BCUT2D eigenvalue weighted by Gasteiger charge is -2.19. The van der Waals surface area contributed by atoms with E-state index in [2.05, 4.69) is 41.6 Å². The van der Waals surface area contributed by atoms with Gasteiger partial charge in [0.25, 0.3) is 0 Å². The first kappa shape index (κ1) is 23.3. The summed E-state index contributed by atoms with van der Waals surface area (Å²) in [6, 6.07) is 7.90. The van der Waals surface area contributed by atoms with E-state index in [1.807, 2.05) is 38.4 Å². The molecule has 2 aromatic rings. The van der Waals surface area contributed by atoms with Gasteiger partial charge in [0, 0.05) is 45.1 Å². The molecule has 0 unspecified atom stereocenters. The summed E-state index contributed by atoms with van der Waals surface area (Å²) >= 11 is 3.51. The van der Waals surface area contributed by atoms with Gasteiger partial charge in [-0.1, -0.05) is 34.1 Å². The van der Waals surface area contributed by atoms with Crippen molar-refractivity contribution in [2.45, 2.75) is 19.5 Å². The van der Waals surface area contributed by atoms with Crippen LogP contribution >= 0.6 is 39.9 Å². The Morgan fingerprint density at radius 3 is 2.70 bits per heavy atom. The number of hydrogen-bond acceptors (Lipinski definition) is 4. The second kappa shape index (κ2) is 11.9. The number of nitrogens with zero attached hydrogens (tertiary/aromatic N) is 5. The average Bonchev–Trinajstić information content (AvgIpc) is 3.04. The molecule has 1 amide bonds. The standard InChI is InChI=1S/C17H24BrN7O.HI/c1-19-17(21-10-15-22-12-23-25(15)3)20-9-8-16(26)24(2)11-13-6-4-5-7-14(13)18;/h4-7,12H,8-11H2,1-3H3,(H2,19,20,21);1H. The smallest absolute Gasteiger partial charge is 0.224 e. The molecule has 2 rings (SSSR count). The van der Waals surface area contributed by atoms with Crippen molar-refractivity contribution < 1.29 is 4.79 Å². The first-order valence-electron chi connectivity index (χ1n) is 8.26. The summed E-state index contributed by atoms with van der Waals surface area (Å²) < 4.78 is 2.70. The van der Waals surface area contributed by atoms with Crippen molar-refractivity contribution in [2.75, 3.05) is 20.6 Å². The van der Waals surface area contributed by atoms with Gasteiger partial charge in [-0.05, 0) is 11.6 Å². The van der Waals surface area contributed by atoms with E-state index in [0.717, 1.165) is 15.9 Å². The summed E-state index contributed by atoms with van der Waals surface area (Å²) in [5.74, 6) is 1.49. The van der Waals surface area contributed by atoms with Crippen LogP contribution in [0.2, 0.25) is 0 Å². The highest BCUT2D eigenvalue weighted by Gasteiger charge is 2.11. The predicted molar refractivity (Wildman–Crippen MR) is 120 cm³/mol. The van der Waals surface area contributed by atoms with E-state index in [-0.39, 0.29) is 29.9 Å². The Labute approximate surface area is 185 Å². The van der Waals surface area contributed by atoms with Crippen LogP contribution < -0.4 is 10.6 Å². The van der Waals surface area contributed by atoms with Crippen molar-refractivity contribution in [1.82, 2.24) is 30.3 Å². The van der Waals surface area contributed by atoms with E-state index in [1.165, 1.54) is 6.33 Å². The molecule has 0 spiro atoms. The highest BCUT2D eigenvalue weighted by molar-refractivity contribution is 14.0. The van der Waals surface area contributed by atoms with Crippen LogP contribution in [0.15, 0.2) is 40.1 Å². The van der Waals surface area contributed by atoms with Gasteiger partial charge in [-0.15, -0.1) is 24.0 Å². The number of aromatic nitrogens is 3. The summed E-state index contributed by atoms with van der Waals surface area (Å²) in [6.45, 7) is 1.57. The Kier molecular flexibility index (Phi) is 10.3. The van der Waals surface area contributed by atoms with Crippen LogP contribution in [0.5, 0.6) is 0 Å². The molecule has 2 N–H and O–H groups in total. The first-order valence-corrected chi connectivity index (χ1v) is 9.05. The van der Waals surface area contributed by atoms with Gasteiger partial charge >= 0.3 is 0 Å². The van der Waals surface area contributed by atoms with Crippen LogP contribution in [0.3, 0.4) is 0 Å². The van der Waals surface area contributed by atoms with Gasteiger partial charge in [-0.3, -0.25) is 14.5 Å². The number of aliphatic imine (C=N–C) groups is 1. The van der Waals surface area contributed by atoms with Crippen LogP contribution in [0.1, 0.15) is 17.8 Å². The minimum Gasteiger partial charge on any atom is -0.356 e. The number of carbonyl (C=O) groups is 1. The highest BCUT2D eigenvalue weighted by atomic mass is 127. The quantitative estimate of drug-likeness (QED) is 0.313. The van der Waals surface area contributed by atoms with E-state index < -0.39 is 0 Å². The molecule has 0 saturated heterocycles. The summed E-state index contributed by atoms with van der Waals surface area (Å²) in [7, 11) is 5.33. The fourth-order valence-corrected chi connectivity index (χ4v) is 2.72. The largest absolute Gasteiger partial charge is 0.356 e. The Morgan fingerprint density at radius 1 is 1.33 bits per heavy atom. The molecule has 0 aliphatic rings. The van der Waals surface area contributed by atoms with E-state index in [1.54, 1.807) is 16.6 Å². The summed E-state index contributed by atoms with van der Waals surface area (Å²) in [5.41, 5.74) is 1.08. The normalized spacial score (nSPS) is 10.9. The lowest BCUT2D eigenvalue weighted by Crippen LogP contribution is -2.39. The second-order valence-corrected chi connectivity index (χ2v) is 6.60. The average molecular weight is 550 g/mol. The van der Waals surface area contributed by atoms with Crippen LogP contribution in [-0.2, 0) is 24.9 Å². The van der Waals surface area contributed by atoms with Gasteiger partial charge in [0.2, 0.25) is 5.91 Å². The molecule has 1 heterocycles. The van der Waals surface area contributed by atoms with E-state index >= 15 is 0 Å². The third-order valence-corrected chi connectivity index (χ3v) is 4.64. The maximum Gasteiger partial charge on any atom is 0.224 e. The van der Waals surface area contributed by atoms with Crippen molar-refractivity contribution in [3.63, 3.8) is 0 Å². The number of aryl methyl sites for hydroxylation is 1. The molecule has 0 saturated carbocycles. The van der Waals surface area contributed by atoms with Crippen LogP contribution in [0.4, 0.5) is 0 Å². The topological polar surface area (TPSA) is 87.4 Å². The van der Waals surface area contributed by atoms with Crippen molar-refractivity contribution in [3.8, 4) is 0 Å². The number of hydrogen-bond donors (Lipinski definition) is 2. The SMILES string of the molecule is CN=C(NCCC(=O)N(C)Cc1ccccc1Br)NCc1ncnn1C.I. The van der Waals surface area contributed by atoms with Crippen LogP contribution in [0.25, 0.3) is 0 Å². The molecule has 1 aromatic heterocycles. The zero-order valence-electron chi connectivity index (χ0n) is 15.6. The molecule has 0 fully saturated rings. The molecule has 27 heavy (non-hydrogen) atoms. The van der Waals surface area contributed by atoms with Crippen LogP contribution in [0, 0.1) is 0 Å². The zero-order valence-corrected chi connectivity index (χ0v) is 19.6. The van der Waals surface area contributed by atoms with Gasteiger partial charge in [0.1, 0.15) is 12.2 Å². The van der Waals surface area contributed by atoms with Gasteiger partial charge in [0.05, 0.1) is 6.54 Å². The summed E-state index contributed by atoms with van der Waals surface area (Å²) in [4.78, 5) is 22.3. The number of carbonyl (C=O) groups excluding carboxylic acids is 1. The Bertz CT molecular complexity index is 765. The monoisotopic (exact) mass is 549 g/mol. The van der Waals surface area contributed by atoms with Crippen molar-refractivity contribution in [1.29, 1.82) is 0 Å². The van der Waals surface area contributed by atoms with E-state index in [4.69, 9.17) is 0 Å². The number of amides is 1. The highest BCUT2D eigenvalue weighted by Crippen LogP contribution is 2.17.